The Kier molecular flexibility index (Phi) is 6.12. The number of rotatable bonds is 7. The Morgan fingerprint density at radius 3 is 2.92 bits per heavy atom. The lowest BCUT2D eigenvalue weighted by Gasteiger charge is -2.22. The van der Waals surface area contributed by atoms with E-state index in [1.807, 2.05) is 0 Å². The van der Waals surface area contributed by atoms with E-state index in [1.165, 1.54) is 13.3 Å². The summed E-state index contributed by atoms with van der Waals surface area (Å²) in [5.74, 6) is 0. The van der Waals surface area contributed by atoms with Crippen LogP contribution in [-0.2, 0) is 14.2 Å². The van der Waals surface area contributed by atoms with Crippen LogP contribution < -0.4 is 11.2 Å². The average molecular weight is 341 g/mol. The minimum atomic E-state index is -1.11. The predicted octanol–water partition coefficient (Wildman–Crippen LogP) is -0.555. The summed E-state index contributed by atoms with van der Waals surface area (Å²) in [4.78, 5) is 28.4. The molecule has 0 aromatic carbocycles. The molecule has 24 heavy (non-hydrogen) atoms. The fraction of sp³-hybridized carbons (Fsp3) is 0.692. The fourth-order valence-electron chi connectivity index (χ4n) is 2.43. The third-order valence-electron chi connectivity index (χ3n) is 3.66. The number of aliphatic hydroxyl groups is 1. The first-order valence-corrected chi connectivity index (χ1v) is 7.26. The molecule has 11 nitrogen and oxygen atoms in total. The van der Waals surface area contributed by atoms with E-state index in [-0.39, 0.29) is 19.8 Å². The summed E-state index contributed by atoms with van der Waals surface area (Å²) >= 11 is 0. The maximum absolute atomic E-state index is 12.1. The molecule has 0 unspecified atom stereocenters. The normalized spacial score (nSPS) is 26.3. The Morgan fingerprint density at radius 1 is 1.50 bits per heavy atom. The third kappa shape index (κ3) is 3.83. The highest BCUT2D eigenvalue weighted by molar-refractivity contribution is 5.03. The highest BCUT2D eigenvalue weighted by Crippen LogP contribution is 2.31. The first kappa shape index (κ1) is 18.2. The topological polar surface area (TPSA) is 152 Å². The highest BCUT2D eigenvalue weighted by atomic mass is 16.6. The predicted molar refractivity (Wildman–Crippen MR) is 81.6 cm³/mol. The molecule has 2 N–H and O–H groups in total. The Balaban J connectivity index is 2.32. The Bertz CT molecular complexity index is 724. The Hall–Kier alpha value is -2.17. The van der Waals surface area contributed by atoms with Crippen molar-refractivity contribution in [2.45, 2.75) is 31.5 Å². The van der Waals surface area contributed by atoms with Crippen molar-refractivity contribution < 1.29 is 19.3 Å². The molecule has 2 heterocycles. The van der Waals surface area contributed by atoms with E-state index in [0.717, 1.165) is 4.57 Å². The van der Waals surface area contributed by atoms with Gasteiger partial charge in [-0.05, 0) is 12.5 Å². The third-order valence-corrected chi connectivity index (χ3v) is 3.66. The summed E-state index contributed by atoms with van der Waals surface area (Å²) < 4.78 is 17.3. The van der Waals surface area contributed by atoms with Gasteiger partial charge in [0.15, 0.2) is 6.23 Å². The smallest absolute Gasteiger partial charge is 0.330 e. The van der Waals surface area contributed by atoms with E-state index in [2.05, 4.69) is 15.0 Å². The zero-order chi connectivity index (χ0) is 17.7. The molecule has 0 spiro atoms. The number of nitrogens with one attached hydrogen (secondary N) is 1. The lowest BCUT2D eigenvalue weighted by atomic mass is 10.1. The highest BCUT2D eigenvalue weighted by Gasteiger charge is 2.45. The van der Waals surface area contributed by atoms with Crippen LogP contribution in [0.2, 0.25) is 0 Å². The van der Waals surface area contributed by atoms with Crippen molar-refractivity contribution >= 4 is 0 Å². The van der Waals surface area contributed by atoms with Gasteiger partial charge >= 0.3 is 5.69 Å². The zero-order valence-corrected chi connectivity index (χ0v) is 13.3. The van der Waals surface area contributed by atoms with Crippen LogP contribution in [0.4, 0.5) is 0 Å². The minimum Gasteiger partial charge on any atom is -0.388 e. The van der Waals surface area contributed by atoms with Crippen molar-refractivity contribution in [2.24, 2.45) is 5.11 Å². The van der Waals surface area contributed by atoms with Crippen LogP contribution in [-0.4, -0.2) is 59.8 Å². The zero-order valence-electron chi connectivity index (χ0n) is 13.3. The molecule has 0 radical (unpaired) electrons. The summed E-state index contributed by atoms with van der Waals surface area (Å²) in [6.45, 7) is 1.88. The van der Waals surface area contributed by atoms with Crippen molar-refractivity contribution in [3.8, 4) is 0 Å². The van der Waals surface area contributed by atoms with Crippen molar-refractivity contribution in [1.29, 1.82) is 0 Å². The Morgan fingerprint density at radius 2 is 2.25 bits per heavy atom. The maximum Gasteiger partial charge on any atom is 0.330 e. The molecule has 1 aliphatic rings. The van der Waals surface area contributed by atoms with Gasteiger partial charge in [0.2, 0.25) is 0 Å². The van der Waals surface area contributed by atoms with Crippen LogP contribution in [0.15, 0.2) is 20.9 Å². The lowest BCUT2D eigenvalue weighted by Crippen LogP contribution is -2.40. The van der Waals surface area contributed by atoms with Gasteiger partial charge in [0, 0.05) is 23.8 Å². The van der Waals surface area contributed by atoms with E-state index in [1.54, 1.807) is 6.92 Å². The molecule has 1 saturated heterocycles. The van der Waals surface area contributed by atoms with E-state index >= 15 is 0 Å². The summed E-state index contributed by atoms with van der Waals surface area (Å²) in [6.07, 6.45) is -2.48. The van der Waals surface area contributed by atoms with Crippen molar-refractivity contribution in [2.75, 3.05) is 26.9 Å². The van der Waals surface area contributed by atoms with Gasteiger partial charge in [-0.2, -0.15) is 0 Å². The molecule has 132 valence electrons. The number of H-pyrrole nitrogens is 1. The van der Waals surface area contributed by atoms with Crippen LogP contribution in [0.3, 0.4) is 0 Å². The second kappa shape index (κ2) is 8.08. The quantitative estimate of drug-likeness (QED) is 0.294. The molecule has 4 atom stereocenters. The number of aryl methyl sites for hydroxylation is 1. The number of azide groups is 1. The number of aromatic amines is 1. The monoisotopic (exact) mass is 341 g/mol. The summed E-state index contributed by atoms with van der Waals surface area (Å²) in [7, 11) is 1.50. The summed E-state index contributed by atoms with van der Waals surface area (Å²) in [5.41, 5.74) is 7.54. The second-order valence-electron chi connectivity index (χ2n) is 5.28. The number of nitrogens with zero attached hydrogens (tertiary/aromatic N) is 4. The molecule has 0 amide bonds. The van der Waals surface area contributed by atoms with Crippen LogP contribution in [0.5, 0.6) is 0 Å². The molecular weight excluding hydrogens is 322 g/mol. The molecule has 1 aliphatic heterocycles. The van der Waals surface area contributed by atoms with Gasteiger partial charge in [-0.1, -0.05) is 5.11 Å². The molecule has 1 fully saturated rings. The summed E-state index contributed by atoms with van der Waals surface area (Å²) in [5, 5.41) is 13.7. The molecule has 2 rings (SSSR count). The van der Waals surface area contributed by atoms with Gasteiger partial charge in [0.25, 0.3) is 5.56 Å². The first-order valence-electron chi connectivity index (χ1n) is 7.26. The average Bonchev–Trinajstić information content (AvgIpc) is 2.85. The summed E-state index contributed by atoms with van der Waals surface area (Å²) in [6, 6.07) is 0. The molecule has 0 aliphatic carbocycles. The SMILES string of the molecule is COCCO[C@@H]1[C@H](O)[C@@H](CN=[N+]=[N-])O[C@H]1n1cc(C)c(=O)[nH]c1=O. The van der Waals surface area contributed by atoms with Gasteiger partial charge in [0.05, 0.1) is 25.9 Å². The van der Waals surface area contributed by atoms with Gasteiger partial charge in [-0.15, -0.1) is 0 Å². The number of ether oxygens (including phenoxy) is 3. The minimum absolute atomic E-state index is 0.116. The molecule has 1 aromatic rings. The van der Waals surface area contributed by atoms with E-state index in [4.69, 9.17) is 19.7 Å². The van der Waals surface area contributed by atoms with Gasteiger partial charge in [-0.3, -0.25) is 14.3 Å². The molecule has 0 bridgehead atoms. The van der Waals surface area contributed by atoms with Crippen LogP contribution in [0.1, 0.15) is 11.8 Å². The first-order chi connectivity index (χ1) is 11.5. The Labute approximate surface area is 136 Å². The van der Waals surface area contributed by atoms with E-state index < -0.39 is 35.8 Å². The van der Waals surface area contributed by atoms with Crippen molar-refractivity contribution in [1.82, 2.24) is 9.55 Å². The van der Waals surface area contributed by atoms with Gasteiger partial charge < -0.3 is 19.3 Å². The number of hydrogen-bond donors (Lipinski definition) is 2. The van der Waals surface area contributed by atoms with Crippen molar-refractivity contribution in [3.05, 3.63) is 43.0 Å². The second-order valence-corrected chi connectivity index (χ2v) is 5.28. The molecular formula is C13H19N5O6. The lowest BCUT2D eigenvalue weighted by molar-refractivity contribution is -0.0793. The molecule has 0 saturated carbocycles. The maximum atomic E-state index is 12.1. The molecule has 11 heteroatoms. The fourth-order valence-corrected chi connectivity index (χ4v) is 2.43. The van der Waals surface area contributed by atoms with Gasteiger partial charge in [-0.25, -0.2) is 4.79 Å². The largest absolute Gasteiger partial charge is 0.388 e. The number of aliphatic hydroxyl groups excluding tert-OH is 1. The standard InChI is InChI=1S/C13H19N5O6/c1-7-6-18(13(21)16-11(7)20)12-10(23-4-3-22-2)9(19)8(24-12)5-15-17-14/h6,8-10,12,19H,3-5H2,1-2H3,(H,16,20,21)/t8-,9-,10-,12-/m1/s1. The number of aromatic nitrogens is 2. The number of methoxy groups -OCH3 is 1. The molecule has 1 aromatic heterocycles. The number of hydrogen-bond acceptors (Lipinski definition) is 7. The van der Waals surface area contributed by atoms with Crippen LogP contribution >= 0.6 is 0 Å². The van der Waals surface area contributed by atoms with Crippen LogP contribution in [0, 0.1) is 6.92 Å². The van der Waals surface area contributed by atoms with Crippen molar-refractivity contribution in [3.63, 3.8) is 0 Å². The van der Waals surface area contributed by atoms with Crippen LogP contribution in [0.25, 0.3) is 10.4 Å². The van der Waals surface area contributed by atoms with E-state index in [0.29, 0.717) is 5.56 Å². The van der Waals surface area contributed by atoms with Gasteiger partial charge in [0.1, 0.15) is 12.2 Å². The van der Waals surface area contributed by atoms with E-state index in [9.17, 15) is 14.7 Å².